The second-order valence-electron chi connectivity index (χ2n) is 4.92. The average Bonchev–Trinajstić information content (AvgIpc) is 3.31. The molecule has 3 aromatic heterocycles. The van der Waals surface area contributed by atoms with Crippen molar-refractivity contribution in [1.82, 2.24) is 9.71 Å². The molecule has 0 saturated carbocycles. The summed E-state index contributed by atoms with van der Waals surface area (Å²) in [6, 6.07) is 6.85. The standard InChI is InChI=1S/C15H14N2O5S3/c1-10-11(17-15(22-10)12-4-2-6-23-12)9-21-13(18)8-16-25(19,20)14-5-3-7-24-14/h2-7,16H,8-9H2,1H3. The number of carbonyl (C=O) groups excluding carboxylic acids is 1. The van der Waals surface area contributed by atoms with Crippen molar-refractivity contribution in [2.75, 3.05) is 6.54 Å². The lowest BCUT2D eigenvalue weighted by atomic mass is 10.4. The highest BCUT2D eigenvalue weighted by atomic mass is 32.2. The molecule has 10 heteroatoms. The van der Waals surface area contributed by atoms with Crippen molar-refractivity contribution in [3.63, 3.8) is 0 Å². The summed E-state index contributed by atoms with van der Waals surface area (Å²) in [5.74, 6) is 0.326. The van der Waals surface area contributed by atoms with E-state index in [0.717, 1.165) is 16.2 Å². The van der Waals surface area contributed by atoms with Gasteiger partial charge < -0.3 is 9.15 Å². The Morgan fingerprint density at radius 2 is 2.04 bits per heavy atom. The molecule has 0 amide bonds. The van der Waals surface area contributed by atoms with Gasteiger partial charge in [0.25, 0.3) is 10.0 Å². The van der Waals surface area contributed by atoms with Gasteiger partial charge in [0.1, 0.15) is 28.8 Å². The van der Waals surface area contributed by atoms with Crippen molar-refractivity contribution in [1.29, 1.82) is 0 Å². The fraction of sp³-hybridized carbons (Fsp3) is 0.200. The number of nitrogens with one attached hydrogen (secondary N) is 1. The van der Waals surface area contributed by atoms with E-state index >= 15 is 0 Å². The summed E-state index contributed by atoms with van der Waals surface area (Å²) < 4.78 is 36.8. The predicted molar refractivity (Wildman–Crippen MR) is 93.9 cm³/mol. The lowest BCUT2D eigenvalue weighted by Gasteiger charge is -2.05. The molecule has 132 valence electrons. The van der Waals surface area contributed by atoms with E-state index in [1.165, 1.54) is 17.4 Å². The Balaban J connectivity index is 1.54. The quantitative estimate of drug-likeness (QED) is 0.615. The average molecular weight is 398 g/mol. The number of hydrogen-bond acceptors (Lipinski definition) is 8. The van der Waals surface area contributed by atoms with Crippen LogP contribution in [0.15, 0.2) is 43.7 Å². The Bertz CT molecular complexity index is 944. The van der Waals surface area contributed by atoms with E-state index in [-0.39, 0.29) is 10.8 Å². The SMILES string of the molecule is Cc1oc(-c2cccs2)nc1COC(=O)CNS(=O)(=O)c1cccs1. The van der Waals surface area contributed by atoms with Crippen LogP contribution in [0.25, 0.3) is 10.8 Å². The molecule has 0 spiro atoms. The fourth-order valence-corrected chi connectivity index (χ4v) is 4.56. The summed E-state index contributed by atoms with van der Waals surface area (Å²) >= 11 is 2.56. The maximum atomic E-state index is 11.9. The van der Waals surface area contributed by atoms with E-state index in [1.807, 2.05) is 17.5 Å². The van der Waals surface area contributed by atoms with E-state index in [0.29, 0.717) is 17.3 Å². The van der Waals surface area contributed by atoms with Gasteiger partial charge in [0.15, 0.2) is 0 Å². The summed E-state index contributed by atoms with van der Waals surface area (Å²) in [5.41, 5.74) is 0.498. The number of carbonyl (C=O) groups is 1. The van der Waals surface area contributed by atoms with Gasteiger partial charge in [0, 0.05) is 0 Å². The summed E-state index contributed by atoms with van der Waals surface area (Å²) in [6.45, 7) is 1.20. The van der Waals surface area contributed by atoms with Crippen LogP contribution in [-0.4, -0.2) is 25.9 Å². The molecule has 0 atom stereocenters. The van der Waals surface area contributed by atoms with Gasteiger partial charge in [-0.15, -0.1) is 22.7 Å². The molecule has 0 aliphatic carbocycles. The summed E-state index contributed by atoms with van der Waals surface area (Å²) in [5, 5.41) is 3.56. The van der Waals surface area contributed by atoms with Crippen molar-refractivity contribution in [2.24, 2.45) is 0 Å². The van der Waals surface area contributed by atoms with Gasteiger partial charge in [-0.3, -0.25) is 4.79 Å². The molecule has 0 unspecified atom stereocenters. The highest BCUT2D eigenvalue weighted by Gasteiger charge is 2.18. The van der Waals surface area contributed by atoms with Crippen molar-refractivity contribution >= 4 is 38.7 Å². The van der Waals surface area contributed by atoms with Gasteiger partial charge in [-0.1, -0.05) is 12.1 Å². The molecule has 3 aromatic rings. The topological polar surface area (TPSA) is 98.5 Å². The number of aromatic nitrogens is 1. The fourth-order valence-electron chi connectivity index (χ4n) is 1.91. The first-order chi connectivity index (χ1) is 12.0. The smallest absolute Gasteiger partial charge is 0.321 e. The molecule has 0 aliphatic heterocycles. The molecule has 25 heavy (non-hydrogen) atoms. The zero-order valence-electron chi connectivity index (χ0n) is 13.1. The molecule has 3 rings (SSSR count). The molecular weight excluding hydrogens is 384 g/mol. The van der Waals surface area contributed by atoms with Crippen LogP contribution in [0.5, 0.6) is 0 Å². The van der Waals surface area contributed by atoms with Gasteiger partial charge in [-0.05, 0) is 29.8 Å². The molecule has 1 N–H and O–H groups in total. The van der Waals surface area contributed by atoms with Crippen LogP contribution < -0.4 is 4.72 Å². The lowest BCUT2D eigenvalue weighted by molar-refractivity contribution is -0.143. The number of oxazole rings is 1. The van der Waals surface area contributed by atoms with Crippen LogP contribution in [0, 0.1) is 6.92 Å². The highest BCUT2D eigenvalue weighted by Crippen LogP contribution is 2.26. The molecule has 0 saturated heterocycles. The maximum absolute atomic E-state index is 11.9. The molecule has 0 radical (unpaired) electrons. The summed E-state index contributed by atoms with van der Waals surface area (Å²) in [7, 11) is -3.69. The van der Waals surface area contributed by atoms with Gasteiger partial charge >= 0.3 is 5.97 Å². The molecule has 0 aliphatic rings. The Morgan fingerprint density at radius 1 is 1.28 bits per heavy atom. The monoisotopic (exact) mass is 398 g/mol. The first-order valence-corrected chi connectivity index (χ1v) is 10.4. The molecule has 7 nitrogen and oxygen atoms in total. The second-order valence-corrected chi connectivity index (χ2v) is 8.81. The van der Waals surface area contributed by atoms with Gasteiger partial charge in [-0.2, -0.15) is 4.72 Å². The Kier molecular flexibility index (Phi) is 5.33. The van der Waals surface area contributed by atoms with Crippen LogP contribution in [0.2, 0.25) is 0 Å². The van der Waals surface area contributed by atoms with Crippen LogP contribution in [0.1, 0.15) is 11.5 Å². The predicted octanol–water partition coefficient (Wildman–Crippen LogP) is 2.79. The van der Waals surface area contributed by atoms with Crippen molar-refractivity contribution < 1.29 is 22.4 Å². The Hall–Kier alpha value is -2.01. The number of nitrogens with zero attached hydrogens (tertiary/aromatic N) is 1. The van der Waals surface area contributed by atoms with Crippen molar-refractivity contribution in [2.45, 2.75) is 17.7 Å². The number of ether oxygens (including phenoxy) is 1. The highest BCUT2D eigenvalue weighted by molar-refractivity contribution is 7.91. The number of sulfonamides is 1. The number of thiophene rings is 2. The number of esters is 1. The first kappa shape index (κ1) is 17.8. The third kappa shape index (κ3) is 4.34. The van der Waals surface area contributed by atoms with Crippen molar-refractivity contribution in [3.05, 3.63) is 46.5 Å². The van der Waals surface area contributed by atoms with Gasteiger partial charge in [0.2, 0.25) is 5.89 Å². The zero-order chi connectivity index (χ0) is 17.9. The largest absolute Gasteiger partial charge is 0.458 e. The number of rotatable bonds is 7. The third-order valence-electron chi connectivity index (χ3n) is 3.16. The number of aryl methyl sites for hydroxylation is 1. The van der Waals surface area contributed by atoms with Crippen LogP contribution in [0.3, 0.4) is 0 Å². The van der Waals surface area contributed by atoms with E-state index in [1.54, 1.807) is 18.4 Å². The van der Waals surface area contributed by atoms with Crippen molar-refractivity contribution in [3.8, 4) is 10.8 Å². The lowest BCUT2D eigenvalue weighted by Crippen LogP contribution is -2.30. The van der Waals surface area contributed by atoms with E-state index < -0.39 is 22.5 Å². The molecule has 0 bridgehead atoms. The maximum Gasteiger partial charge on any atom is 0.321 e. The summed E-state index contributed by atoms with van der Waals surface area (Å²) in [4.78, 5) is 17.0. The molecular formula is C15H14N2O5S3. The second kappa shape index (κ2) is 7.48. The summed E-state index contributed by atoms with van der Waals surface area (Å²) in [6.07, 6.45) is 0. The van der Waals surface area contributed by atoms with E-state index in [2.05, 4.69) is 9.71 Å². The minimum absolute atomic E-state index is 0.0831. The molecule has 0 fully saturated rings. The van der Waals surface area contributed by atoms with Gasteiger partial charge in [-0.25, -0.2) is 13.4 Å². The van der Waals surface area contributed by atoms with Crippen LogP contribution in [-0.2, 0) is 26.2 Å². The minimum atomic E-state index is -3.69. The minimum Gasteiger partial charge on any atom is -0.458 e. The molecule has 0 aromatic carbocycles. The zero-order valence-corrected chi connectivity index (χ0v) is 15.5. The van der Waals surface area contributed by atoms with E-state index in [4.69, 9.17) is 9.15 Å². The third-order valence-corrected chi connectivity index (χ3v) is 6.82. The Morgan fingerprint density at radius 3 is 2.72 bits per heavy atom. The van der Waals surface area contributed by atoms with E-state index in [9.17, 15) is 13.2 Å². The Labute approximate surface area is 152 Å². The van der Waals surface area contributed by atoms with Gasteiger partial charge in [0.05, 0.1) is 4.88 Å². The number of hydrogen-bond donors (Lipinski definition) is 1. The van der Waals surface area contributed by atoms with Crippen LogP contribution in [0.4, 0.5) is 0 Å². The molecule has 3 heterocycles. The normalized spacial score (nSPS) is 11.6. The first-order valence-electron chi connectivity index (χ1n) is 7.14. The van der Waals surface area contributed by atoms with Crippen LogP contribution >= 0.6 is 22.7 Å².